The number of carbonyl (C=O) groups excluding carboxylic acids is 1. The molecule has 1 aliphatic heterocycles. The number of nitrogens with zero attached hydrogens (tertiary/aromatic N) is 4. The Hall–Kier alpha value is -2.18. The Balaban J connectivity index is 1.47. The van der Waals surface area contributed by atoms with E-state index >= 15 is 0 Å². The van der Waals surface area contributed by atoms with Crippen molar-refractivity contribution in [2.45, 2.75) is 52.5 Å². The maximum Gasteiger partial charge on any atom is 0.225 e. The highest BCUT2D eigenvalue weighted by Crippen LogP contribution is 2.26. The molecule has 1 fully saturated rings. The molecule has 1 saturated heterocycles. The fraction of sp³-hybridized carbons (Fsp3) is 0.481. The monoisotopic (exact) mass is 510 g/mol. The zero-order chi connectivity index (χ0) is 23.2. The van der Waals surface area contributed by atoms with E-state index in [0.29, 0.717) is 5.91 Å². The molecule has 2 aromatic carbocycles. The van der Waals surface area contributed by atoms with E-state index in [-0.39, 0.29) is 5.92 Å². The van der Waals surface area contributed by atoms with Crippen LogP contribution >= 0.6 is 15.9 Å². The number of halogens is 1. The average molecular weight is 512 g/mol. The molecule has 0 aliphatic carbocycles. The van der Waals surface area contributed by atoms with Gasteiger partial charge >= 0.3 is 0 Å². The molecule has 0 atom stereocenters. The molecule has 176 valence electrons. The molecule has 0 bridgehead atoms. The molecule has 0 N–H and O–H groups in total. The van der Waals surface area contributed by atoms with E-state index in [4.69, 9.17) is 4.98 Å². The van der Waals surface area contributed by atoms with E-state index in [1.54, 1.807) is 0 Å². The van der Waals surface area contributed by atoms with Gasteiger partial charge in [-0.25, -0.2) is 4.98 Å². The highest BCUT2D eigenvalue weighted by Gasteiger charge is 2.29. The van der Waals surface area contributed by atoms with Gasteiger partial charge in [-0.1, -0.05) is 54.4 Å². The van der Waals surface area contributed by atoms with E-state index in [2.05, 4.69) is 80.5 Å². The quantitative estimate of drug-likeness (QED) is 0.352. The topological polar surface area (TPSA) is 41.4 Å². The Morgan fingerprint density at radius 1 is 1.06 bits per heavy atom. The van der Waals surface area contributed by atoms with E-state index in [1.165, 1.54) is 0 Å². The van der Waals surface area contributed by atoms with Crippen molar-refractivity contribution in [2.75, 3.05) is 26.2 Å². The third kappa shape index (κ3) is 5.67. The molecule has 1 aliphatic rings. The van der Waals surface area contributed by atoms with E-state index in [0.717, 1.165) is 91.8 Å². The number of unbranched alkanes of at least 4 members (excludes halogenated alkanes) is 1. The summed E-state index contributed by atoms with van der Waals surface area (Å²) in [5.74, 6) is 1.58. The Morgan fingerprint density at radius 3 is 2.58 bits per heavy atom. The summed E-state index contributed by atoms with van der Waals surface area (Å²) in [5, 5.41) is 0. The smallest absolute Gasteiger partial charge is 0.225 e. The predicted octanol–water partition coefficient (Wildman–Crippen LogP) is 6.04. The lowest BCUT2D eigenvalue weighted by molar-refractivity contribution is -0.137. The van der Waals surface area contributed by atoms with Gasteiger partial charge in [-0.3, -0.25) is 14.3 Å². The van der Waals surface area contributed by atoms with E-state index < -0.39 is 0 Å². The van der Waals surface area contributed by atoms with Gasteiger partial charge in [-0.15, -0.1) is 0 Å². The van der Waals surface area contributed by atoms with Crippen molar-refractivity contribution >= 4 is 32.9 Å². The summed E-state index contributed by atoms with van der Waals surface area (Å²) >= 11 is 3.61. The average Bonchev–Trinajstić information content (AvgIpc) is 3.19. The molecule has 5 nitrogen and oxygen atoms in total. The number of carbonyl (C=O) groups is 1. The van der Waals surface area contributed by atoms with Gasteiger partial charge in [0.25, 0.3) is 0 Å². The van der Waals surface area contributed by atoms with Crippen molar-refractivity contribution in [3.8, 4) is 5.69 Å². The molecule has 6 heteroatoms. The molecule has 0 unspecified atom stereocenters. The lowest BCUT2D eigenvalue weighted by Gasteiger charge is -2.34. The van der Waals surface area contributed by atoms with Crippen molar-refractivity contribution in [1.82, 2.24) is 19.4 Å². The highest BCUT2D eigenvalue weighted by molar-refractivity contribution is 9.10. The maximum absolute atomic E-state index is 13.1. The van der Waals surface area contributed by atoms with Gasteiger partial charge in [0.05, 0.1) is 17.6 Å². The normalized spacial score (nSPS) is 15.2. The standard InChI is InChI=1S/C27H35BrN4O/c1-3-5-16-31(15-4-2)27(33)21-13-17-30(18-14-21)20-26-29-24-11-6-7-12-25(24)32(26)23-10-8-9-22(28)19-23/h6-12,19,21H,3-5,13-18,20H2,1-2H3. The van der Waals surface area contributed by atoms with E-state index in [9.17, 15) is 4.79 Å². The molecule has 2 heterocycles. The summed E-state index contributed by atoms with van der Waals surface area (Å²) < 4.78 is 3.33. The number of likely N-dealkylation sites (tertiary alicyclic amines) is 1. The van der Waals surface area contributed by atoms with Crippen LogP contribution in [0.3, 0.4) is 0 Å². The molecule has 0 spiro atoms. The predicted molar refractivity (Wildman–Crippen MR) is 139 cm³/mol. The fourth-order valence-electron chi connectivity index (χ4n) is 4.83. The molecular formula is C27H35BrN4O. The summed E-state index contributed by atoms with van der Waals surface area (Å²) in [4.78, 5) is 22.7. The van der Waals surface area contributed by atoms with Crippen molar-refractivity contribution in [3.63, 3.8) is 0 Å². The first-order chi connectivity index (χ1) is 16.1. The second kappa shape index (κ2) is 11.3. The summed E-state index contributed by atoms with van der Waals surface area (Å²) in [6.07, 6.45) is 5.12. The van der Waals surface area contributed by atoms with Gasteiger partial charge in [-0.2, -0.15) is 0 Å². The molecule has 0 saturated carbocycles. The molecule has 33 heavy (non-hydrogen) atoms. The van der Waals surface area contributed by atoms with Crippen LogP contribution in [0.5, 0.6) is 0 Å². The van der Waals surface area contributed by atoms with Crippen LogP contribution in [0.1, 0.15) is 51.8 Å². The number of imidazole rings is 1. The number of aromatic nitrogens is 2. The van der Waals surface area contributed by atoms with Crippen molar-refractivity contribution < 1.29 is 4.79 Å². The van der Waals surface area contributed by atoms with Gasteiger partial charge in [0, 0.05) is 29.2 Å². The van der Waals surface area contributed by atoms with Crippen molar-refractivity contribution in [1.29, 1.82) is 0 Å². The van der Waals surface area contributed by atoms with Crippen LogP contribution in [-0.2, 0) is 11.3 Å². The third-order valence-electron chi connectivity index (χ3n) is 6.59. The molecule has 0 radical (unpaired) electrons. The molecule has 4 rings (SSSR count). The first-order valence-corrected chi connectivity index (χ1v) is 13.1. The summed E-state index contributed by atoms with van der Waals surface area (Å²) in [5.41, 5.74) is 3.26. The van der Waals surface area contributed by atoms with Crippen LogP contribution in [0, 0.1) is 5.92 Å². The Morgan fingerprint density at radius 2 is 1.85 bits per heavy atom. The SMILES string of the molecule is CCCCN(CCC)C(=O)C1CCN(Cc2nc3ccccc3n2-c2cccc(Br)c2)CC1. The number of hydrogen-bond acceptors (Lipinski definition) is 3. The Labute approximate surface area is 205 Å². The Kier molecular flexibility index (Phi) is 8.20. The van der Waals surface area contributed by atoms with Crippen LogP contribution < -0.4 is 0 Å². The van der Waals surface area contributed by atoms with Crippen LogP contribution in [0.15, 0.2) is 53.0 Å². The van der Waals surface area contributed by atoms with Gasteiger partial charge in [-0.05, 0) is 69.1 Å². The number of fused-ring (bicyclic) bond motifs is 1. The third-order valence-corrected chi connectivity index (χ3v) is 7.08. The lowest BCUT2D eigenvalue weighted by Crippen LogP contribution is -2.43. The van der Waals surface area contributed by atoms with Crippen molar-refractivity contribution in [2.24, 2.45) is 5.92 Å². The van der Waals surface area contributed by atoms with Crippen LogP contribution in [0.2, 0.25) is 0 Å². The van der Waals surface area contributed by atoms with Crippen LogP contribution in [0.4, 0.5) is 0 Å². The first kappa shape index (κ1) is 24.0. The van der Waals surface area contributed by atoms with Gasteiger partial charge in [0.15, 0.2) is 0 Å². The number of rotatable bonds is 9. The number of hydrogen-bond donors (Lipinski definition) is 0. The zero-order valence-corrected chi connectivity index (χ0v) is 21.4. The minimum atomic E-state index is 0.161. The second-order valence-corrected chi connectivity index (χ2v) is 9.98. The molecule has 1 amide bonds. The molecule has 1 aromatic heterocycles. The number of para-hydroxylation sites is 2. The van der Waals surface area contributed by atoms with Gasteiger partial charge in [0.2, 0.25) is 5.91 Å². The van der Waals surface area contributed by atoms with Crippen LogP contribution in [-0.4, -0.2) is 51.4 Å². The van der Waals surface area contributed by atoms with Gasteiger partial charge in [0.1, 0.15) is 5.82 Å². The first-order valence-electron chi connectivity index (χ1n) is 12.3. The number of benzene rings is 2. The summed E-state index contributed by atoms with van der Waals surface area (Å²) in [6.45, 7) is 8.80. The van der Waals surface area contributed by atoms with Crippen molar-refractivity contribution in [3.05, 3.63) is 58.8 Å². The maximum atomic E-state index is 13.1. The zero-order valence-electron chi connectivity index (χ0n) is 19.8. The summed E-state index contributed by atoms with van der Waals surface area (Å²) in [7, 11) is 0. The number of amides is 1. The van der Waals surface area contributed by atoms with Crippen LogP contribution in [0.25, 0.3) is 16.7 Å². The fourth-order valence-corrected chi connectivity index (χ4v) is 5.22. The molecule has 3 aromatic rings. The highest BCUT2D eigenvalue weighted by atomic mass is 79.9. The second-order valence-electron chi connectivity index (χ2n) is 9.06. The minimum absolute atomic E-state index is 0.161. The summed E-state index contributed by atoms with van der Waals surface area (Å²) in [6, 6.07) is 16.7. The Bertz CT molecular complexity index is 1070. The number of piperidine rings is 1. The lowest BCUT2D eigenvalue weighted by atomic mass is 9.95. The molecular weight excluding hydrogens is 476 g/mol. The minimum Gasteiger partial charge on any atom is -0.342 e. The van der Waals surface area contributed by atoms with Gasteiger partial charge < -0.3 is 4.90 Å². The largest absolute Gasteiger partial charge is 0.342 e. The van der Waals surface area contributed by atoms with E-state index in [1.807, 2.05) is 12.1 Å².